The average Bonchev–Trinajstić information content (AvgIpc) is 3.02. The van der Waals surface area contributed by atoms with Gasteiger partial charge in [-0.1, -0.05) is 6.07 Å². The van der Waals surface area contributed by atoms with Gasteiger partial charge >= 0.3 is 6.18 Å². The molecule has 0 atom stereocenters. The monoisotopic (exact) mass is 335 g/mol. The third-order valence-electron chi connectivity index (χ3n) is 3.75. The Morgan fingerprint density at radius 3 is 2.50 bits per heavy atom. The van der Waals surface area contributed by atoms with E-state index >= 15 is 0 Å². The molecule has 0 aliphatic rings. The molecule has 1 aromatic carbocycles. The Kier molecular flexibility index (Phi) is 3.95. The highest BCUT2D eigenvalue weighted by Gasteiger charge is 2.30. The van der Waals surface area contributed by atoms with Gasteiger partial charge in [-0.2, -0.15) is 13.2 Å². The van der Waals surface area contributed by atoms with Crippen molar-refractivity contribution in [1.82, 2.24) is 14.5 Å². The Morgan fingerprint density at radius 2 is 1.88 bits per heavy atom. The van der Waals surface area contributed by atoms with Gasteiger partial charge in [-0.05, 0) is 39.0 Å². The van der Waals surface area contributed by atoms with Crippen LogP contribution in [0.5, 0.6) is 0 Å². The number of alkyl halides is 3. The van der Waals surface area contributed by atoms with Gasteiger partial charge in [0.15, 0.2) is 0 Å². The highest BCUT2D eigenvalue weighted by atomic mass is 19.4. The van der Waals surface area contributed by atoms with Crippen LogP contribution in [-0.2, 0) is 12.7 Å². The number of benzene rings is 1. The topological polar surface area (TPSA) is 43.9 Å². The van der Waals surface area contributed by atoms with Crippen molar-refractivity contribution in [3.05, 3.63) is 59.0 Å². The second kappa shape index (κ2) is 5.81. The number of oxazole rings is 1. The van der Waals surface area contributed by atoms with Crippen molar-refractivity contribution in [2.75, 3.05) is 0 Å². The minimum atomic E-state index is -4.40. The molecule has 0 spiro atoms. The Hall–Kier alpha value is -2.57. The molecule has 2 aromatic heterocycles. The lowest BCUT2D eigenvalue weighted by atomic mass is 10.1. The van der Waals surface area contributed by atoms with E-state index in [1.165, 1.54) is 6.07 Å². The fourth-order valence-corrected chi connectivity index (χ4v) is 2.52. The van der Waals surface area contributed by atoms with E-state index in [9.17, 15) is 13.2 Å². The molecule has 3 aromatic rings. The second-order valence-corrected chi connectivity index (χ2v) is 5.66. The molecule has 0 N–H and O–H groups in total. The lowest BCUT2D eigenvalue weighted by molar-refractivity contribution is -0.137. The van der Waals surface area contributed by atoms with Crippen molar-refractivity contribution in [2.24, 2.45) is 0 Å². The van der Waals surface area contributed by atoms with Gasteiger partial charge in [0.2, 0.25) is 5.89 Å². The molecule has 0 radical (unpaired) electrons. The van der Waals surface area contributed by atoms with E-state index in [1.54, 1.807) is 13.0 Å². The third-order valence-corrected chi connectivity index (χ3v) is 3.75. The minimum Gasteiger partial charge on any atom is -0.441 e. The zero-order valence-corrected chi connectivity index (χ0v) is 13.5. The molecule has 126 valence electrons. The zero-order valence-electron chi connectivity index (χ0n) is 13.5. The number of imidazole rings is 1. The van der Waals surface area contributed by atoms with Crippen LogP contribution in [-0.4, -0.2) is 14.5 Å². The van der Waals surface area contributed by atoms with Gasteiger partial charge in [0.1, 0.15) is 17.3 Å². The van der Waals surface area contributed by atoms with Crippen LogP contribution >= 0.6 is 0 Å². The van der Waals surface area contributed by atoms with Crippen LogP contribution in [0.15, 0.2) is 34.9 Å². The largest absolute Gasteiger partial charge is 0.441 e. The Morgan fingerprint density at radius 1 is 1.12 bits per heavy atom. The number of halogens is 3. The van der Waals surface area contributed by atoms with Crippen molar-refractivity contribution in [3.8, 4) is 11.5 Å². The normalized spacial score (nSPS) is 11.9. The summed E-state index contributed by atoms with van der Waals surface area (Å²) >= 11 is 0. The smallest absolute Gasteiger partial charge is 0.416 e. The zero-order chi connectivity index (χ0) is 17.5. The van der Waals surface area contributed by atoms with E-state index < -0.39 is 11.7 Å². The van der Waals surface area contributed by atoms with Crippen molar-refractivity contribution < 1.29 is 17.6 Å². The average molecular weight is 335 g/mol. The first-order valence-corrected chi connectivity index (χ1v) is 7.38. The van der Waals surface area contributed by atoms with Gasteiger partial charge in [-0.25, -0.2) is 9.97 Å². The first kappa shape index (κ1) is 16.3. The molecule has 3 rings (SSSR count). The number of hydrogen-bond donors (Lipinski definition) is 0. The fourth-order valence-electron chi connectivity index (χ4n) is 2.52. The summed E-state index contributed by atoms with van der Waals surface area (Å²) in [4.78, 5) is 8.69. The highest BCUT2D eigenvalue weighted by Crippen LogP contribution is 2.32. The lowest BCUT2D eigenvalue weighted by Gasteiger charge is -2.06. The molecule has 0 unspecified atom stereocenters. The Labute approximate surface area is 137 Å². The molecule has 2 heterocycles. The molecule has 0 fully saturated rings. The van der Waals surface area contributed by atoms with Gasteiger partial charge < -0.3 is 8.98 Å². The molecular weight excluding hydrogens is 319 g/mol. The molecule has 0 saturated carbocycles. The molecule has 0 bridgehead atoms. The molecule has 0 aliphatic heterocycles. The molecule has 4 nitrogen and oxygen atoms in total. The SMILES string of the molecule is Cc1cn(Cc2nc(-c3cccc(C(F)(F)F)c3)oc2C)c(C)n1. The summed E-state index contributed by atoms with van der Waals surface area (Å²) in [7, 11) is 0. The molecule has 0 amide bonds. The van der Waals surface area contributed by atoms with Gasteiger partial charge in [0.05, 0.1) is 17.8 Å². The predicted octanol–water partition coefficient (Wildman–Crippen LogP) is 4.53. The van der Waals surface area contributed by atoms with Gasteiger partial charge in [-0.15, -0.1) is 0 Å². The summed E-state index contributed by atoms with van der Waals surface area (Å²) < 4.78 is 46.0. The number of hydrogen-bond acceptors (Lipinski definition) is 3. The molecular formula is C17H16F3N3O. The molecule has 7 heteroatoms. The number of aryl methyl sites for hydroxylation is 3. The maximum Gasteiger partial charge on any atom is 0.416 e. The van der Waals surface area contributed by atoms with E-state index in [1.807, 2.05) is 24.6 Å². The third kappa shape index (κ3) is 3.20. The van der Waals surface area contributed by atoms with Crippen LogP contribution in [0.1, 0.15) is 28.5 Å². The molecule has 24 heavy (non-hydrogen) atoms. The highest BCUT2D eigenvalue weighted by molar-refractivity contribution is 5.55. The van der Waals surface area contributed by atoms with Crippen molar-refractivity contribution >= 4 is 0 Å². The van der Waals surface area contributed by atoms with E-state index in [0.29, 0.717) is 23.6 Å². The number of rotatable bonds is 3. The Bertz CT molecular complexity index is 878. The maximum absolute atomic E-state index is 12.8. The predicted molar refractivity (Wildman–Crippen MR) is 82.5 cm³/mol. The van der Waals surface area contributed by atoms with E-state index in [2.05, 4.69) is 9.97 Å². The molecule has 0 aliphatic carbocycles. The van der Waals surface area contributed by atoms with Gasteiger partial charge in [-0.3, -0.25) is 0 Å². The summed E-state index contributed by atoms with van der Waals surface area (Å²) in [6, 6.07) is 4.97. The van der Waals surface area contributed by atoms with E-state index in [-0.39, 0.29) is 5.89 Å². The van der Waals surface area contributed by atoms with Gasteiger partial charge in [0, 0.05) is 11.8 Å². The summed E-state index contributed by atoms with van der Waals surface area (Å²) in [5, 5.41) is 0. The van der Waals surface area contributed by atoms with Crippen molar-refractivity contribution in [2.45, 2.75) is 33.5 Å². The summed E-state index contributed by atoms with van der Waals surface area (Å²) in [6.07, 6.45) is -2.50. The summed E-state index contributed by atoms with van der Waals surface area (Å²) in [5.74, 6) is 1.60. The van der Waals surface area contributed by atoms with E-state index in [0.717, 1.165) is 23.7 Å². The van der Waals surface area contributed by atoms with Crippen LogP contribution in [0.25, 0.3) is 11.5 Å². The quantitative estimate of drug-likeness (QED) is 0.706. The van der Waals surface area contributed by atoms with Crippen molar-refractivity contribution in [3.63, 3.8) is 0 Å². The molecule has 0 saturated heterocycles. The van der Waals surface area contributed by atoms with Crippen LogP contribution in [0, 0.1) is 20.8 Å². The first-order valence-electron chi connectivity index (χ1n) is 7.38. The fraction of sp³-hybridized carbons (Fsp3) is 0.294. The van der Waals surface area contributed by atoms with Crippen LogP contribution < -0.4 is 0 Å². The minimum absolute atomic E-state index is 0.183. The Balaban J connectivity index is 1.93. The maximum atomic E-state index is 12.8. The summed E-state index contributed by atoms with van der Waals surface area (Å²) in [6.45, 7) is 5.99. The standard InChI is InChI=1S/C17H16F3N3O/c1-10-8-23(12(3)21-10)9-15-11(2)24-16(22-15)13-5-4-6-14(7-13)17(18,19)20/h4-8H,9H2,1-3H3. The van der Waals surface area contributed by atoms with Crippen LogP contribution in [0.2, 0.25) is 0 Å². The number of aromatic nitrogens is 3. The van der Waals surface area contributed by atoms with Gasteiger partial charge in [0.25, 0.3) is 0 Å². The lowest BCUT2D eigenvalue weighted by Crippen LogP contribution is -2.04. The van der Waals surface area contributed by atoms with Crippen LogP contribution in [0.3, 0.4) is 0 Å². The van der Waals surface area contributed by atoms with Crippen molar-refractivity contribution in [1.29, 1.82) is 0 Å². The van der Waals surface area contributed by atoms with E-state index in [4.69, 9.17) is 4.42 Å². The first-order chi connectivity index (χ1) is 11.2. The number of nitrogens with zero attached hydrogens (tertiary/aromatic N) is 3. The second-order valence-electron chi connectivity index (χ2n) is 5.66. The van der Waals surface area contributed by atoms with Crippen LogP contribution in [0.4, 0.5) is 13.2 Å². The summed E-state index contributed by atoms with van der Waals surface area (Å²) in [5.41, 5.74) is 1.14.